The number of fused-ring (bicyclic) bond motifs is 2. The van der Waals surface area contributed by atoms with E-state index in [0.29, 0.717) is 10.8 Å². The number of benzene rings is 1. The lowest BCUT2D eigenvalue weighted by atomic mass is 9.62. The predicted molar refractivity (Wildman–Crippen MR) is 85.7 cm³/mol. The van der Waals surface area contributed by atoms with Gasteiger partial charge < -0.3 is 16.9 Å². The molecule has 3 rings (SSSR count). The Morgan fingerprint density at radius 2 is 1.81 bits per heavy atom. The van der Waals surface area contributed by atoms with E-state index < -0.39 is 0 Å². The van der Waals surface area contributed by atoms with E-state index in [1.165, 1.54) is 36.0 Å². The standard InChI is InChI=1S/C18H27ClN.ClH/c1-17(2)15-9-10-18(17,3)13-20(4,12-15)11-14-5-7-16(19)8-6-14;/h5-8,15H,9-13H2,1-4H3;1H/q+1;/p-1. The maximum Gasteiger partial charge on any atom is 0.104 e. The molecule has 1 saturated heterocycles. The fourth-order valence-corrected chi connectivity index (χ4v) is 4.99. The van der Waals surface area contributed by atoms with Crippen LogP contribution in [0.25, 0.3) is 0 Å². The van der Waals surface area contributed by atoms with Gasteiger partial charge in [-0.15, -0.1) is 0 Å². The molecule has 1 saturated carbocycles. The van der Waals surface area contributed by atoms with E-state index in [9.17, 15) is 0 Å². The van der Waals surface area contributed by atoms with Gasteiger partial charge in [-0.2, -0.15) is 0 Å². The van der Waals surface area contributed by atoms with Crippen LogP contribution in [-0.4, -0.2) is 24.6 Å². The van der Waals surface area contributed by atoms with Crippen LogP contribution in [0.1, 0.15) is 39.2 Å². The minimum absolute atomic E-state index is 0. The fraction of sp³-hybridized carbons (Fsp3) is 0.667. The van der Waals surface area contributed by atoms with Crippen LogP contribution in [0.2, 0.25) is 5.02 Å². The molecule has 0 spiro atoms. The first-order valence-corrected chi connectivity index (χ1v) is 8.20. The molecule has 0 N–H and O–H groups in total. The lowest BCUT2D eigenvalue weighted by Crippen LogP contribution is -3.00. The normalized spacial score (nSPS) is 37.1. The predicted octanol–water partition coefficient (Wildman–Crippen LogP) is 1.75. The van der Waals surface area contributed by atoms with Gasteiger partial charge in [-0.3, -0.25) is 0 Å². The van der Waals surface area contributed by atoms with E-state index in [1.807, 2.05) is 12.1 Å². The summed E-state index contributed by atoms with van der Waals surface area (Å²) in [4.78, 5) is 0. The van der Waals surface area contributed by atoms with Crippen LogP contribution in [0.5, 0.6) is 0 Å². The van der Waals surface area contributed by atoms with E-state index in [2.05, 4.69) is 40.0 Å². The van der Waals surface area contributed by atoms with Crippen LogP contribution in [0, 0.1) is 16.7 Å². The van der Waals surface area contributed by atoms with Crippen LogP contribution < -0.4 is 12.4 Å². The molecule has 3 atom stereocenters. The fourth-order valence-electron chi connectivity index (χ4n) is 4.86. The van der Waals surface area contributed by atoms with Crippen LogP contribution in [0.3, 0.4) is 0 Å². The van der Waals surface area contributed by atoms with Gasteiger partial charge in [0, 0.05) is 21.9 Å². The molecule has 1 aliphatic heterocycles. The number of likely N-dealkylation sites (tertiary alicyclic amines) is 1. The van der Waals surface area contributed by atoms with Crippen LogP contribution in [0.15, 0.2) is 24.3 Å². The molecule has 2 fully saturated rings. The second-order valence-corrected chi connectivity index (χ2v) is 8.70. The van der Waals surface area contributed by atoms with Gasteiger partial charge in [-0.05, 0) is 30.4 Å². The molecule has 2 aliphatic rings. The first-order valence-electron chi connectivity index (χ1n) is 7.82. The van der Waals surface area contributed by atoms with Gasteiger partial charge in [0.25, 0.3) is 0 Å². The molecular formula is C18H27Cl2N. The molecule has 1 nitrogen and oxygen atoms in total. The van der Waals surface area contributed by atoms with Crippen molar-refractivity contribution in [3.05, 3.63) is 34.9 Å². The molecule has 3 unspecified atom stereocenters. The smallest absolute Gasteiger partial charge is 0.104 e. The van der Waals surface area contributed by atoms with Gasteiger partial charge in [0.2, 0.25) is 0 Å². The number of hydrogen-bond acceptors (Lipinski definition) is 0. The summed E-state index contributed by atoms with van der Waals surface area (Å²) in [6.07, 6.45) is 2.82. The summed E-state index contributed by atoms with van der Waals surface area (Å²) in [6, 6.07) is 8.42. The van der Waals surface area contributed by atoms with Crippen molar-refractivity contribution in [1.82, 2.24) is 0 Å². The van der Waals surface area contributed by atoms with E-state index in [-0.39, 0.29) is 12.4 Å². The van der Waals surface area contributed by atoms with Crippen LogP contribution in [0.4, 0.5) is 0 Å². The van der Waals surface area contributed by atoms with Crippen molar-refractivity contribution in [2.75, 3.05) is 20.1 Å². The largest absolute Gasteiger partial charge is 1.00 e. The second kappa shape index (κ2) is 5.44. The van der Waals surface area contributed by atoms with Gasteiger partial charge in [0.15, 0.2) is 0 Å². The number of hydrogen-bond donors (Lipinski definition) is 0. The van der Waals surface area contributed by atoms with E-state index in [4.69, 9.17) is 11.6 Å². The van der Waals surface area contributed by atoms with Gasteiger partial charge in [-0.1, -0.05) is 44.5 Å². The van der Waals surface area contributed by atoms with Crippen molar-refractivity contribution in [3.8, 4) is 0 Å². The maximum absolute atomic E-state index is 6.00. The molecule has 2 bridgehead atoms. The Hall–Kier alpha value is -0.240. The molecule has 1 heterocycles. The lowest BCUT2D eigenvalue weighted by molar-refractivity contribution is -0.938. The summed E-state index contributed by atoms with van der Waals surface area (Å²) in [5, 5.41) is 0.836. The first-order chi connectivity index (χ1) is 9.24. The zero-order valence-corrected chi connectivity index (χ0v) is 15.1. The highest BCUT2D eigenvalue weighted by molar-refractivity contribution is 6.30. The molecule has 1 aromatic rings. The summed E-state index contributed by atoms with van der Waals surface area (Å²) in [7, 11) is 2.44. The number of rotatable bonds is 2. The summed E-state index contributed by atoms with van der Waals surface area (Å²) in [6.45, 7) is 11.3. The number of piperidine rings is 1. The van der Waals surface area contributed by atoms with Crippen molar-refractivity contribution in [1.29, 1.82) is 0 Å². The highest BCUT2D eigenvalue weighted by atomic mass is 35.5. The van der Waals surface area contributed by atoms with E-state index >= 15 is 0 Å². The Morgan fingerprint density at radius 1 is 1.19 bits per heavy atom. The van der Waals surface area contributed by atoms with Crippen molar-refractivity contribution in [2.45, 2.75) is 40.2 Å². The number of quaternary nitrogens is 1. The molecular weight excluding hydrogens is 301 g/mol. The van der Waals surface area contributed by atoms with Gasteiger partial charge >= 0.3 is 0 Å². The Balaban J connectivity index is 0.00000161. The Bertz CT molecular complexity index is 510. The Labute approximate surface area is 140 Å². The Kier molecular flexibility index (Phi) is 4.43. The average Bonchev–Trinajstić information content (AvgIpc) is 2.49. The third-order valence-corrected chi connectivity index (χ3v) is 6.74. The molecule has 1 aliphatic carbocycles. The second-order valence-electron chi connectivity index (χ2n) is 8.26. The molecule has 118 valence electrons. The summed E-state index contributed by atoms with van der Waals surface area (Å²) in [5.41, 5.74) is 2.42. The average molecular weight is 328 g/mol. The monoisotopic (exact) mass is 327 g/mol. The SMILES string of the molecule is CC12CCC(C[N+](C)(Cc3ccc(Cl)cc3)C1)C2(C)C.[Cl-]. The van der Waals surface area contributed by atoms with Gasteiger partial charge in [-0.25, -0.2) is 0 Å². The Morgan fingerprint density at radius 3 is 2.38 bits per heavy atom. The van der Waals surface area contributed by atoms with E-state index in [0.717, 1.165) is 17.5 Å². The minimum atomic E-state index is 0. The lowest BCUT2D eigenvalue weighted by Gasteiger charge is -2.54. The minimum Gasteiger partial charge on any atom is -1.00 e. The summed E-state index contributed by atoms with van der Waals surface area (Å²) < 4.78 is 1.19. The molecule has 21 heavy (non-hydrogen) atoms. The molecule has 1 aromatic carbocycles. The molecule has 0 amide bonds. The molecule has 0 radical (unpaired) electrons. The highest BCUT2D eigenvalue weighted by Gasteiger charge is 2.60. The number of nitrogens with zero attached hydrogens (tertiary/aromatic N) is 1. The van der Waals surface area contributed by atoms with Gasteiger partial charge in [0.1, 0.15) is 6.54 Å². The van der Waals surface area contributed by atoms with E-state index in [1.54, 1.807) is 0 Å². The highest BCUT2D eigenvalue weighted by Crippen LogP contribution is 2.60. The van der Waals surface area contributed by atoms with Crippen LogP contribution in [-0.2, 0) is 6.54 Å². The maximum atomic E-state index is 6.00. The molecule has 0 aromatic heterocycles. The third kappa shape index (κ3) is 2.85. The van der Waals surface area contributed by atoms with Gasteiger partial charge in [0.05, 0.1) is 20.1 Å². The van der Waals surface area contributed by atoms with Crippen molar-refractivity contribution >= 4 is 11.6 Å². The van der Waals surface area contributed by atoms with Crippen molar-refractivity contribution in [2.24, 2.45) is 16.7 Å². The zero-order valence-electron chi connectivity index (χ0n) is 13.6. The van der Waals surface area contributed by atoms with Crippen molar-refractivity contribution < 1.29 is 16.9 Å². The molecule has 3 heteroatoms. The van der Waals surface area contributed by atoms with Crippen LogP contribution >= 0.6 is 11.6 Å². The zero-order chi connectivity index (χ0) is 14.6. The van der Waals surface area contributed by atoms with Crippen molar-refractivity contribution in [3.63, 3.8) is 0 Å². The quantitative estimate of drug-likeness (QED) is 0.726. The third-order valence-electron chi connectivity index (χ3n) is 6.49. The summed E-state index contributed by atoms with van der Waals surface area (Å²) >= 11 is 6.00. The topological polar surface area (TPSA) is 0 Å². The number of halogens is 2. The summed E-state index contributed by atoms with van der Waals surface area (Å²) in [5.74, 6) is 0.874. The first kappa shape index (κ1) is 17.1.